The summed E-state index contributed by atoms with van der Waals surface area (Å²) in [5.41, 5.74) is 0. The maximum absolute atomic E-state index is 13.2. The molecule has 0 bridgehead atoms. The number of halogens is 2. The topological polar surface area (TPSA) is 32.3 Å². The molecular weight excluding hydrogens is 274 g/mol. The molecule has 21 heavy (non-hydrogen) atoms. The van der Waals surface area contributed by atoms with E-state index in [4.69, 9.17) is 0 Å². The smallest absolute Gasteiger partial charge is 0.248 e. The number of hydrogen-bond acceptors (Lipinski definition) is 2. The number of alkyl halides is 2. The first kappa shape index (κ1) is 16.7. The molecule has 1 aliphatic heterocycles. The van der Waals surface area contributed by atoms with Crippen molar-refractivity contribution in [2.45, 2.75) is 76.8 Å². The lowest BCUT2D eigenvalue weighted by atomic mass is 9.85. The molecule has 0 aromatic heterocycles. The first-order chi connectivity index (χ1) is 9.89. The quantitative estimate of drug-likeness (QED) is 0.865. The van der Waals surface area contributed by atoms with Crippen molar-refractivity contribution in [3.63, 3.8) is 0 Å². The van der Waals surface area contributed by atoms with Crippen LogP contribution in [-0.4, -0.2) is 41.9 Å². The normalized spacial score (nSPS) is 26.8. The van der Waals surface area contributed by atoms with E-state index < -0.39 is 5.92 Å². The third-order valence-electron chi connectivity index (χ3n) is 4.80. The zero-order chi connectivity index (χ0) is 15.5. The van der Waals surface area contributed by atoms with Crippen molar-refractivity contribution in [1.82, 2.24) is 10.2 Å². The second-order valence-corrected chi connectivity index (χ2v) is 6.86. The molecule has 0 spiro atoms. The highest BCUT2D eigenvalue weighted by Gasteiger charge is 2.39. The summed E-state index contributed by atoms with van der Waals surface area (Å²) in [4.78, 5) is 14.6. The summed E-state index contributed by atoms with van der Waals surface area (Å²) < 4.78 is 26.5. The van der Waals surface area contributed by atoms with Crippen molar-refractivity contribution in [2.24, 2.45) is 5.92 Å². The van der Waals surface area contributed by atoms with Gasteiger partial charge in [-0.05, 0) is 46.1 Å². The summed E-state index contributed by atoms with van der Waals surface area (Å²) in [6, 6.07) is 0.485. The molecule has 1 N–H and O–H groups in total. The SMILES string of the molecule is CC(C)N(CC1CCCCN1)C(=O)C1CCC(F)(F)CC1. The molecule has 5 heteroatoms. The summed E-state index contributed by atoms with van der Waals surface area (Å²) >= 11 is 0. The molecule has 1 atom stereocenters. The van der Waals surface area contributed by atoms with Crippen LogP contribution in [0.3, 0.4) is 0 Å². The Bertz CT molecular complexity index is 344. The molecule has 0 radical (unpaired) electrons. The molecule has 2 fully saturated rings. The van der Waals surface area contributed by atoms with E-state index >= 15 is 0 Å². The number of nitrogens with one attached hydrogen (secondary N) is 1. The van der Waals surface area contributed by atoms with Gasteiger partial charge in [-0.3, -0.25) is 4.79 Å². The van der Waals surface area contributed by atoms with Crippen LogP contribution in [0, 0.1) is 5.92 Å². The van der Waals surface area contributed by atoms with E-state index in [9.17, 15) is 13.6 Å². The maximum Gasteiger partial charge on any atom is 0.248 e. The molecule has 1 aliphatic carbocycles. The van der Waals surface area contributed by atoms with Gasteiger partial charge in [0, 0.05) is 37.4 Å². The van der Waals surface area contributed by atoms with E-state index in [1.54, 1.807) is 0 Å². The zero-order valence-corrected chi connectivity index (χ0v) is 13.2. The van der Waals surface area contributed by atoms with Crippen molar-refractivity contribution < 1.29 is 13.6 Å². The van der Waals surface area contributed by atoms with Crippen molar-refractivity contribution in [3.05, 3.63) is 0 Å². The number of carbonyl (C=O) groups excluding carboxylic acids is 1. The predicted molar refractivity (Wildman–Crippen MR) is 79.4 cm³/mol. The molecule has 2 aliphatic rings. The monoisotopic (exact) mass is 302 g/mol. The highest BCUT2D eigenvalue weighted by Crippen LogP contribution is 2.37. The van der Waals surface area contributed by atoms with E-state index in [0.717, 1.165) is 13.0 Å². The number of carbonyl (C=O) groups is 1. The van der Waals surface area contributed by atoms with Crippen molar-refractivity contribution in [2.75, 3.05) is 13.1 Å². The van der Waals surface area contributed by atoms with Crippen LogP contribution < -0.4 is 5.32 Å². The molecule has 1 heterocycles. The van der Waals surface area contributed by atoms with Crippen molar-refractivity contribution in [3.8, 4) is 0 Å². The van der Waals surface area contributed by atoms with E-state index in [-0.39, 0.29) is 30.7 Å². The van der Waals surface area contributed by atoms with Gasteiger partial charge in [0.1, 0.15) is 0 Å². The van der Waals surface area contributed by atoms with Gasteiger partial charge in [0.05, 0.1) is 0 Å². The Labute approximate surface area is 126 Å². The van der Waals surface area contributed by atoms with Crippen LogP contribution >= 0.6 is 0 Å². The molecule has 1 unspecified atom stereocenters. The van der Waals surface area contributed by atoms with Gasteiger partial charge in [0.15, 0.2) is 0 Å². The summed E-state index contributed by atoms with van der Waals surface area (Å²) in [6.07, 6.45) is 3.87. The molecular formula is C16H28F2N2O. The number of hydrogen-bond donors (Lipinski definition) is 1. The fourth-order valence-corrected chi connectivity index (χ4v) is 3.39. The van der Waals surface area contributed by atoms with E-state index in [2.05, 4.69) is 5.32 Å². The average Bonchev–Trinajstić information content (AvgIpc) is 2.45. The van der Waals surface area contributed by atoms with E-state index in [1.807, 2.05) is 18.7 Å². The number of rotatable bonds is 4. The fourth-order valence-electron chi connectivity index (χ4n) is 3.39. The maximum atomic E-state index is 13.2. The molecule has 1 saturated heterocycles. The highest BCUT2D eigenvalue weighted by atomic mass is 19.3. The lowest BCUT2D eigenvalue weighted by Crippen LogP contribution is -2.50. The van der Waals surface area contributed by atoms with Gasteiger partial charge in [-0.25, -0.2) is 8.78 Å². The van der Waals surface area contributed by atoms with Crippen LogP contribution in [0.15, 0.2) is 0 Å². The van der Waals surface area contributed by atoms with Gasteiger partial charge >= 0.3 is 0 Å². The minimum atomic E-state index is -2.57. The number of piperidine rings is 1. The van der Waals surface area contributed by atoms with Gasteiger partial charge < -0.3 is 10.2 Å². The second kappa shape index (κ2) is 7.03. The lowest BCUT2D eigenvalue weighted by molar-refractivity contribution is -0.141. The Kier molecular flexibility index (Phi) is 5.58. The molecule has 1 saturated carbocycles. The first-order valence-corrected chi connectivity index (χ1v) is 8.31. The molecule has 0 aromatic carbocycles. The predicted octanol–water partition coefficient (Wildman–Crippen LogP) is 3.19. The minimum absolute atomic E-state index is 0.0767. The Morgan fingerprint density at radius 2 is 1.90 bits per heavy atom. The van der Waals surface area contributed by atoms with Crippen molar-refractivity contribution in [1.29, 1.82) is 0 Å². The molecule has 122 valence electrons. The Morgan fingerprint density at radius 1 is 1.24 bits per heavy atom. The van der Waals surface area contributed by atoms with Gasteiger partial charge in [-0.15, -0.1) is 0 Å². The molecule has 3 nitrogen and oxygen atoms in total. The standard InChI is InChI=1S/C16H28F2N2O/c1-12(2)20(11-14-5-3-4-10-19-14)15(21)13-6-8-16(17,18)9-7-13/h12-14,19H,3-11H2,1-2H3. The third kappa shape index (κ3) is 4.63. The van der Waals surface area contributed by atoms with E-state index in [1.165, 1.54) is 12.8 Å². The van der Waals surface area contributed by atoms with Crippen LogP contribution in [-0.2, 0) is 4.79 Å². The molecule has 2 rings (SSSR count). The number of amides is 1. The first-order valence-electron chi connectivity index (χ1n) is 8.31. The molecule has 1 amide bonds. The summed E-state index contributed by atoms with van der Waals surface area (Å²) in [5, 5.41) is 3.46. The highest BCUT2D eigenvalue weighted by molar-refractivity contribution is 5.79. The largest absolute Gasteiger partial charge is 0.338 e. The van der Waals surface area contributed by atoms with Crippen LogP contribution in [0.2, 0.25) is 0 Å². The third-order valence-corrected chi connectivity index (χ3v) is 4.80. The summed E-state index contributed by atoms with van der Waals surface area (Å²) in [5.74, 6) is -2.70. The van der Waals surface area contributed by atoms with Crippen molar-refractivity contribution >= 4 is 5.91 Å². The van der Waals surface area contributed by atoms with Crippen LogP contribution in [0.5, 0.6) is 0 Å². The Morgan fingerprint density at radius 3 is 2.43 bits per heavy atom. The van der Waals surface area contributed by atoms with Gasteiger partial charge in [-0.1, -0.05) is 6.42 Å². The van der Waals surface area contributed by atoms with Gasteiger partial charge in [0.2, 0.25) is 11.8 Å². The Balaban J connectivity index is 1.92. The number of nitrogens with zero attached hydrogens (tertiary/aromatic N) is 1. The minimum Gasteiger partial charge on any atom is -0.338 e. The average molecular weight is 302 g/mol. The zero-order valence-electron chi connectivity index (χ0n) is 13.2. The Hall–Kier alpha value is -0.710. The summed E-state index contributed by atoms with van der Waals surface area (Å²) in [7, 11) is 0. The van der Waals surface area contributed by atoms with E-state index in [0.29, 0.717) is 25.4 Å². The second-order valence-electron chi connectivity index (χ2n) is 6.86. The van der Waals surface area contributed by atoms with Crippen LogP contribution in [0.1, 0.15) is 58.8 Å². The molecule has 0 aromatic rings. The van der Waals surface area contributed by atoms with Crippen LogP contribution in [0.4, 0.5) is 8.78 Å². The van der Waals surface area contributed by atoms with Gasteiger partial charge in [-0.2, -0.15) is 0 Å². The lowest BCUT2D eigenvalue weighted by Gasteiger charge is -2.37. The van der Waals surface area contributed by atoms with Crippen LogP contribution in [0.25, 0.3) is 0 Å². The van der Waals surface area contributed by atoms with Gasteiger partial charge in [0.25, 0.3) is 0 Å². The fraction of sp³-hybridized carbons (Fsp3) is 0.938. The summed E-state index contributed by atoms with van der Waals surface area (Å²) in [6.45, 7) is 5.75.